The summed E-state index contributed by atoms with van der Waals surface area (Å²) in [6.45, 7) is 2.26. The quantitative estimate of drug-likeness (QED) is 0.716. The van der Waals surface area contributed by atoms with Gasteiger partial charge in [0.25, 0.3) is 0 Å². The predicted molar refractivity (Wildman–Crippen MR) is 74.1 cm³/mol. The summed E-state index contributed by atoms with van der Waals surface area (Å²) in [6.07, 6.45) is 13.2. The topological polar surface area (TPSA) is 25.8 Å². The van der Waals surface area contributed by atoms with Crippen molar-refractivity contribution in [2.45, 2.75) is 32.1 Å². The summed E-state index contributed by atoms with van der Waals surface area (Å²) < 4.78 is 0. The van der Waals surface area contributed by atoms with Crippen LogP contribution in [0.2, 0.25) is 0 Å². The second-order valence-electron chi connectivity index (χ2n) is 4.60. The maximum Gasteiger partial charge on any atom is 0.0270 e. The lowest BCUT2D eigenvalue weighted by atomic mass is 9.95. The Morgan fingerprint density at radius 3 is 2.28 bits per heavy atom. The van der Waals surface area contributed by atoms with Gasteiger partial charge in [-0.3, -0.25) is 9.97 Å². The molecule has 1 unspecified atom stereocenters. The maximum absolute atomic E-state index is 4.05. The van der Waals surface area contributed by atoms with Gasteiger partial charge >= 0.3 is 0 Å². The van der Waals surface area contributed by atoms with E-state index in [1.807, 2.05) is 24.8 Å². The fourth-order valence-electron chi connectivity index (χ4n) is 2.01. The minimum atomic E-state index is 0.574. The van der Waals surface area contributed by atoms with Crippen LogP contribution in [-0.4, -0.2) is 9.97 Å². The Morgan fingerprint density at radius 1 is 1.00 bits per heavy atom. The van der Waals surface area contributed by atoms with Crippen molar-refractivity contribution < 1.29 is 0 Å². The zero-order chi connectivity index (χ0) is 12.6. The van der Waals surface area contributed by atoms with Gasteiger partial charge in [-0.15, -0.1) is 0 Å². The summed E-state index contributed by atoms with van der Waals surface area (Å²) in [5.74, 6) is 0.574. The molecule has 0 spiro atoms. The van der Waals surface area contributed by atoms with Crippen LogP contribution in [0.25, 0.3) is 0 Å². The van der Waals surface area contributed by atoms with Crippen LogP contribution in [0.3, 0.4) is 0 Å². The number of aryl methyl sites for hydroxylation is 1. The van der Waals surface area contributed by atoms with E-state index in [0.717, 1.165) is 19.3 Å². The van der Waals surface area contributed by atoms with Crippen molar-refractivity contribution in [3.63, 3.8) is 0 Å². The molecule has 93 valence electrons. The number of nitrogens with zero attached hydrogens (tertiary/aromatic N) is 2. The molecule has 0 aliphatic carbocycles. The van der Waals surface area contributed by atoms with Crippen LogP contribution in [0.15, 0.2) is 49.1 Å². The summed E-state index contributed by atoms with van der Waals surface area (Å²) in [4.78, 5) is 8.07. The predicted octanol–water partition coefficient (Wildman–Crippen LogP) is 3.81. The molecule has 0 aliphatic heterocycles. The minimum Gasteiger partial charge on any atom is -0.265 e. The third kappa shape index (κ3) is 3.95. The standard InChI is InChI=1S/C16H19N2/c1-14(16-8-12-18-13-9-16)4-2-3-5-15-6-10-17-11-7-15/h2,6-14H,3-5H2,1H3. The number of hydrogen-bond acceptors (Lipinski definition) is 2. The molecule has 0 bridgehead atoms. The van der Waals surface area contributed by atoms with Crippen LogP contribution in [-0.2, 0) is 6.42 Å². The van der Waals surface area contributed by atoms with E-state index in [-0.39, 0.29) is 0 Å². The molecule has 0 amide bonds. The van der Waals surface area contributed by atoms with E-state index >= 15 is 0 Å². The van der Waals surface area contributed by atoms with Gasteiger partial charge in [0.2, 0.25) is 0 Å². The zero-order valence-corrected chi connectivity index (χ0v) is 10.8. The number of rotatable bonds is 6. The highest BCUT2D eigenvalue weighted by atomic mass is 14.6. The van der Waals surface area contributed by atoms with Gasteiger partial charge in [-0.1, -0.05) is 6.92 Å². The third-order valence-electron chi connectivity index (χ3n) is 3.18. The van der Waals surface area contributed by atoms with Crippen LogP contribution in [0.1, 0.15) is 36.8 Å². The Balaban J connectivity index is 1.70. The van der Waals surface area contributed by atoms with Crippen LogP contribution in [0.4, 0.5) is 0 Å². The van der Waals surface area contributed by atoms with Gasteiger partial charge in [-0.2, -0.15) is 0 Å². The largest absolute Gasteiger partial charge is 0.265 e. The molecule has 0 N–H and O–H groups in total. The van der Waals surface area contributed by atoms with Gasteiger partial charge in [0.1, 0.15) is 0 Å². The molecule has 18 heavy (non-hydrogen) atoms. The first-order valence-corrected chi connectivity index (χ1v) is 6.47. The molecular formula is C16H19N2. The monoisotopic (exact) mass is 239 g/mol. The fourth-order valence-corrected chi connectivity index (χ4v) is 2.01. The second kappa shape index (κ2) is 6.90. The Morgan fingerprint density at radius 2 is 1.61 bits per heavy atom. The first-order chi connectivity index (χ1) is 8.86. The van der Waals surface area contributed by atoms with Crippen molar-refractivity contribution in [1.29, 1.82) is 0 Å². The van der Waals surface area contributed by atoms with Gasteiger partial charge in [0.05, 0.1) is 0 Å². The van der Waals surface area contributed by atoms with Gasteiger partial charge in [-0.25, -0.2) is 0 Å². The summed E-state index contributed by atoms with van der Waals surface area (Å²) in [6, 6.07) is 8.36. The Kier molecular flexibility index (Phi) is 4.88. The third-order valence-corrected chi connectivity index (χ3v) is 3.18. The lowest BCUT2D eigenvalue weighted by molar-refractivity contribution is 0.710. The molecule has 2 rings (SSSR count). The zero-order valence-electron chi connectivity index (χ0n) is 10.8. The molecule has 1 radical (unpaired) electrons. The molecule has 2 aromatic rings. The van der Waals surface area contributed by atoms with E-state index in [2.05, 4.69) is 47.6 Å². The molecule has 0 fully saturated rings. The fraction of sp³-hybridized carbons (Fsp3) is 0.312. The molecule has 0 saturated heterocycles. The van der Waals surface area contributed by atoms with E-state index in [1.54, 1.807) is 0 Å². The van der Waals surface area contributed by atoms with Gasteiger partial charge < -0.3 is 0 Å². The van der Waals surface area contributed by atoms with Crippen LogP contribution < -0.4 is 0 Å². The second-order valence-corrected chi connectivity index (χ2v) is 4.60. The van der Waals surface area contributed by atoms with Crippen molar-refractivity contribution >= 4 is 0 Å². The normalized spacial score (nSPS) is 12.3. The van der Waals surface area contributed by atoms with Crippen molar-refractivity contribution in [1.82, 2.24) is 9.97 Å². The smallest absolute Gasteiger partial charge is 0.0270 e. The highest BCUT2D eigenvalue weighted by Gasteiger charge is 2.04. The van der Waals surface area contributed by atoms with Gasteiger partial charge in [0.15, 0.2) is 0 Å². The highest BCUT2D eigenvalue weighted by molar-refractivity contribution is 5.15. The molecule has 2 aromatic heterocycles. The Labute approximate surface area is 109 Å². The van der Waals surface area contributed by atoms with E-state index in [4.69, 9.17) is 0 Å². The van der Waals surface area contributed by atoms with Gasteiger partial charge in [0, 0.05) is 24.8 Å². The number of unbranched alkanes of at least 4 members (excludes halogenated alkanes) is 1. The lowest BCUT2D eigenvalue weighted by Crippen LogP contribution is -1.95. The first kappa shape index (κ1) is 12.7. The number of pyridine rings is 2. The van der Waals surface area contributed by atoms with Crippen molar-refractivity contribution in [2.24, 2.45) is 0 Å². The number of hydrogen-bond donors (Lipinski definition) is 0. The van der Waals surface area contributed by atoms with E-state index in [1.165, 1.54) is 11.1 Å². The Hall–Kier alpha value is -1.70. The van der Waals surface area contributed by atoms with Crippen molar-refractivity contribution in [3.05, 3.63) is 66.6 Å². The molecule has 0 saturated carbocycles. The summed E-state index contributed by atoms with van der Waals surface area (Å²) >= 11 is 0. The highest BCUT2D eigenvalue weighted by Crippen LogP contribution is 2.20. The van der Waals surface area contributed by atoms with Crippen LogP contribution in [0.5, 0.6) is 0 Å². The molecule has 2 nitrogen and oxygen atoms in total. The lowest BCUT2D eigenvalue weighted by Gasteiger charge is -2.10. The van der Waals surface area contributed by atoms with E-state index in [0.29, 0.717) is 5.92 Å². The number of aromatic nitrogens is 2. The van der Waals surface area contributed by atoms with Crippen molar-refractivity contribution in [2.75, 3.05) is 0 Å². The first-order valence-electron chi connectivity index (χ1n) is 6.47. The molecule has 0 aliphatic rings. The van der Waals surface area contributed by atoms with Gasteiger partial charge in [-0.05, 0) is 67.0 Å². The molecule has 0 aromatic carbocycles. The average molecular weight is 239 g/mol. The minimum absolute atomic E-state index is 0.574. The average Bonchev–Trinajstić information content (AvgIpc) is 2.45. The Bertz CT molecular complexity index is 439. The molecule has 1 atom stereocenters. The molecular weight excluding hydrogens is 220 g/mol. The van der Waals surface area contributed by atoms with Crippen molar-refractivity contribution in [3.8, 4) is 0 Å². The maximum atomic E-state index is 4.05. The summed E-state index contributed by atoms with van der Waals surface area (Å²) in [7, 11) is 0. The van der Waals surface area contributed by atoms with E-state index in [9.17, 15) is 0 Å². The van der Waals surface area contributed by atoms with E-state index < -0.39 is 0 Å². The van der Waals surface area contributed by atoms with Crippen LogP contribution in [0, 0.1) is 6.42 Å². The molecule has 2 heterocycles. The molecule has 2 heteroatoms. The summed E-state index contributed by atoms with van der Waals surface area (Å²) in [5.41, 5.74) is 2.72. The SMILES string of the molecule is CC(C[CH]CCc1ccncc1)c1ccncc1. The van der Waals surface area contributed by atoms with Crippen LogP contribution >= 0.6 is 0 Å². The summed E-state index contributed by atoms with van der Waals surface area (Å²) in [5, 5.41) is 0.